The number of thiophene rings is 1. The van der Waals surface area contributed by atoms with Crippen molar-refractivity contribution in [1.29, 1.82) is 0 Å². The molecule has 0 saturated heterocycles. The number of nitrogens with zero attached hydrogens (tertiary/aromatic N) is 3. The number of fused-ring (bicyclic) bond motifs is 2. The molecule has 27 heavy (non-hydrogen) atoms. The second-order valence-corrected chi connectivity index (χ2v) is 7.88. The monoisotopic (exact) mass is 373 g/mol. The SMILES string of the molecule is Cc1nc2cc(C(=O)N3CCc4sccc4C3)ccc2n1-c1ccccc1. The summed E-state index contributed by atoms with van der Waals surface area (Å²) in [4.78, 5) is 21.1. The molecule has 2 aromatic heterocycles. The van der Waals surface area contributed by atoms with Gasteiger partial charge in [-0.05, 0) is 60.7 Å². The number of amides is 1. The van der Waals surface area contributed by atoms with Crippen LogP contribution in [0.15, 0.2) is 60.0 Å². The number of carbonyl (C=O) groups is 1. The zero-order valence-electron chi connectivity index (χ0n) is 15.1. The van der Waals surface area contributed by atoms with Gasteiger partial charge in [0, 0.05) is 29.2 Å². The quantitative estimate of drug-likeness (QED) is 0.515. The molecule has 2 aromatic carbocycles. The first-order valence-electron chi connectivity index (χ1n) is 9.10. The van der Waals surface area contributed by atoms with Gasteiger partial charge in [-0.15, -0.1) is 11.3 Å². The van der Waals surface area contributed by atoms with Crippen LogP contribution < -0.4 is 0 Å². The average molecular weight is 373 g/mol. The Morgan fingerprint density at radius 3 is 2.81 bits per heavy atom. The van der Waals surface area contributed by atoms with Gasteiger partial charge in [0.05, 0.1) is 11.0 Å². The van der Waals surface area contributed by atoms with E-state index in [0.717, 1.165) is 35.5 Å². The molecule has 1 aliphatic rings. The fourth-order valence-electron chi connectivity index (χ4n) is 3.84. The van der Waals surface area contributed by atoms with E-state index in [9.17, 15) is 4.79 Å². The first-order valence-corrected chi connectivity index (χ1v) is 9.98. The lowest BCUT2D eigenvalue weighted by Gasteiger charge is -2.27. The molecule has 0 N–H and O–H groups in total. The summed E-state index contributed by atoms with van der Waals surface area (Å²) in [7, 11) is 0. The van der Waals surface area contributed by atoms with Crippen molar-refractivity contribution in [2.75, 3.05) is 6.54 Å². The minimum Gasteiger partial charge on any atom is -0.334 e. The molecule has 0 bridgehead atoms. The van der Waals surface area contributed by atoms with E-state index in [1.165, 1.54) is 10.4 Å². The molecule has 4 aromatic rings. The number of carbonyl (C=O) groups excluding carboxylic acids is 1. The van der Waals surface area contributed by atoms with E-state index in [2.05, 4.69) is 28.1 Å². The molecule has 5 heteroatoms. The highest BCUT2D eigenvalue weighted by Gasteiger charge is 2.23. The van der Waals surface area contributed by atoms with Crippen LogP contribution in [0.4, 0.5) is 0 Å². The zero-order valence-corrected chi connectivity index (χ0v) is 15.9. The summed E-state index contributed by atoms with van der Waals surface area (Å²) in [6.07, 6.45) is 0.947. The Kier molecular flexibility index (Phi) is 3.83. The number of imidazole rings is 1. The van der Waals surface area contributed by atoms with Crippen molar-refractivity contribution in [2.45, 2.75) is 19.9 Å². The van der Waals surface area contributed by atoms with Crippen LogP contribution in [-0.4, -0.2) is 26.9 Å². The average Bonchev–Trinajstić information content (AvgIpc) is 3.30. The largest absolute Gasteiger partial charge is 0.334 e. The number of aromatic nitrogens is 2. The molecule has 0 unspecified atom stereocenters. The Hall–Kier alpha value is -2.92. The predicted molar refractivity (Wildman–Crippen MR) is 109 cm³/mol. The van der Waals surface area contributed by atoms with E-state index < -0.39 is 0 Å². The lowest BCUT2D eigenvalue weighted by Crippen LogP contribution is -2.35. The van der Waals surface area contributed by atoms with Gasteiger partial charge in [0.15, 0.2) is 0 Å². The smallest absolute Gasteiger partial charge is 0.254 e. The lowest BCUT2D eigenvalue weighted by molar-refractivity contribution is 0.0736. The van der Waals surface area contributed by atoms with Gasteiger partial charge >= 0.3 is 0 Å². The van der Waals surface area contributed by atoms with E-state index >= 15 is 0 Å². The normalized spacial score (nSPS) is 13.7. The van der Waals surface area contributed by atoms with E-state index in [1.807, 2.05) is 48.2 Å². The van der Waals surface area contributed by atoms with Crippen LogP contribution >= 0.6 is 11.3 Å². The highest BCUT2D eigenvalue weighted by atomic mass is 32.1. The van der Waals surface area contributed by atoms with Crippen LogP contribution in [0, 0.1) is 6.92 Å². The Bertz CT molecular complexity index is 1140. The molecule has 0 aliphatic carbocycles. The summed E-state index contributed by atoms with van der Waals surface area (Å²) < 4.78 is 2.13. The second-order valence-electron chi connectivity index (χ2n) is 6.88. The van der Waals surface area contributed by atoms with E-state index in [0.29, 0.717) is 12.1 Å². The van der Waals surface area contributed by atoms with Gasteiger partial charge in [-0.25, -0.2) is 4.98 Å². The molecule has 1 aliphatic heterocycles. The molecule has 0 atom stereocenters. The van der Waals surface area contributed by atoms with E-state index in [4.69, 9.17) is 4.98 Å². The molecule has 3 heterocycles. The Morgan fingerprint density at radius 1 is 1.11 bits per heavy atom. The van der Waals surface area contributed by atoms with Gasteiger partial charge in [-0.2, -0.15) is 0 Å². The van der Waals surface area contributed by atoms with Gasteiger partial charge in [0.1, 0.15) is 5.82 Å². The minimum atomic E-state index is 0.0839. The molecule has 0 saturated carbocycles. The predicted octanol–water partition coefficient (Wildman–Crippen LogP) is 4.59. The van der Waals surface area contributed by atoms with Gasteiger partial charge in [-0.3, -0.25) is 9.36 Å². The number of aryl methyl sites for hydroxylation is 1. The van der Waals surface area contributed by atoms with E-state index in [-0.39, 0.29) is 5.91 Å². The van der Waals surface area contributed by atoms with Gasteiger partial charge in [0.2, 0.25) is 0 Å². The van der Waals surface area contributed by atoms with Gasteiger partial charge in [0.25, 0.3) is 5.91 Å². The van der Waals surface area contributed by atoms with Crippen molar-refractivity contribution in [3.8, 4) is 5.69 Å². The third-order valence-electron chi connectivity index (χ3n) is 5.18. The molecule has 4 nitrogen and oxygen atoms in total. The Morgan fingerprint density at radius 2 is 1.96 bits per heavy atom. The third-order valence-corrected chi connectivity index (χ3v) is 6.20. The number of para-hydroxylation sites is 1. The van der Waals surface area contributed by atoms with Gasteiger partial charge in [-0.1, -0.05) is 18.2 Å². The maximum Gasteiger partial charge on any atom is 0.254 e. The van der Waals surface area contributed by atoms with Crippen LogP contribution in [0.5, 0.6) is 0 Å². The van der Waals surface area contributed by atoms with Crippen LogP contribution in [0.1, 0.15) is 26.6 Å². The fourth-order valence-corrected chi connectivity index (χ4v) is 4.73. The van der Waals surface area contributed by atoms with Crippen LogP contribution in [0.25, 0.3) is 16.7 Å². The minimum absolute atomic E-state index is 0.0839. The van der Waals surface area contributed by atoms with Crippen molar-refractivity contribution < 1.29 is 4.79 Å². The van der Waals surface area contributed by atoms with Crippen molar-refractivity contribution in [3.05, 3.63) is 81.8 Å². The highest BCUT2D eigenvalue weighted by molar-refractivity contribution is 7.10. The molecular formula is C22H19N3OS. The highest BCUT2D eigenvalue weighted by Crippen LogP contribution is 2.27. The number of benzene rings is 2. The van der Waals surface area contributed by atoms with Crippen LogP contribution in [-0.2, 0) is 13.0 Å². The number of hydrogen-bond donors (Lipinski definition) is 0. The van der Waals surface area contributed by atoms with Crippen molar-refractivity contribution in [2.24, 2.45) is 0 Å². The van der Waals surface area contributed by atoms with Crippen molar-refractivity contribution in [3.63, 3.8) is 0 Å². The Labute approximate surface area is 161 Å². The molecule has 5 rings (SSSR count). The van der Waals surface area contributed by atoms with Crippen LogP contribution in [0.3, 0.4) is 0 Å². The first-order chi connectivity index (χ1) is 13.2. The Balaban J connectivity index is 1.50. The maximum absolute atomic E-state index is 13.0. The number of hydrogen-bond acceptors (Lipinski definition) is 3. The third kappa shape index (κ3) is 2.75. The van der Waals surface area contributed by atoms with Crippen molar-refractivity contribution in [1.82, 2.24) is 14.5 Å². The first kappa shape index (κ1) is 16.3. The summed E-state index contributed by atoms with van der Waals surface area (Å²) in [6.45, 7) is 3.48. The summed E-state index contributed by atoms with van der Waals surface area (Å²) in [6, 6.07) is 18.2. The molecule has 0 spiro atoms. The molecule has 0 radical (unpaired) electrons. The topological polar surface area (TPSA) is 38.1 Å². The maximum atomic E-state index is 13.0. The van der Waals surface area contributed by atoms with Crippen molar-refractivity contribution >= 4 is 28.3 Å². The summed E-state index contributed by atoms with van der Waals surface area (Å²) >= 11 is 1.79. The van der Waals surface area contributed by atoms with E-state index in [1.54, 1.807) is 11.3 Å². The number of rotatable bonds is 2. The molecule has 134 valence electrons. The summed E-state index contributed by atoms with van der Waals surface area (Å²) in [5.74, 6) is 1.00. The van der Waals surface area contributed by atoms with Crippen LogP contribution in [0.2, 0.25) is 0 Å². The zero-order chi connectivity index (χ0) is 18.4. The fraction of sp³-hybridized carbons (Fsp3) is 0.182. The summed E-state index contributed by atoms with van der Waals surface area (Å²) in [5.41, 5.74) is 4.95. The standard InChI is InChI=1S/C22H19N3OS/c1-15-23-19-13-16(7-8-20(19)25(15)18-5-3-2-4-6-18)22(26)24-11-9-21-17(14-24)10-12-27-21/h2-8,10,12-13H,9,11,14H2,1H3. The molecule has 1 amide bonds. The molecular weight excluding hydrogens is 354 g/mol. The second kappa shape index (κ2) is 6.35. The van der Waals surface area contributed by atoms with Gasteiger partial charge < -0.3 is 4.90 Å². The summed E-state index contributed by atoms with van der Waals surface area (Å²) in [5, 5.41) is 2.11. The molecule has 0 fully saturated rings. The lowest BCUT2D eigenvalue weighted by atomic mass is 10.1.